The van der Waals surface area contributed by atoms with E-state index in [1.54, 1.807) is 19.1 Å². The number of allylic oxidation sites excluding steroid dienone is 3. The first-order chi connectivity index (χ1) is 16.4. The molecule has 1 aliphatic heterocycles. The number of benzene rings is 2. The Bertz CT molecular complexity index is 1180. The van der Waals surface area contributed by atoms with Gasteiger partial charge in [0.2, 0.25) is 0 Å². The van der Waals surface area contributed by atoms with Crippen molar-refractivity contribution in [2.45, 2.75) is 31.6 Å². The molecule has 0 aromatic heterocycles. The second-order valence-electron chi connectivity index (χ2n) is 8.41. The van der Waals surface area contributed by atoms with Crippen LogP contribution in [0.15, 0.2) is 77.1 Å². The number of hydrogen-bond donors (Lipinski definition) is 1. The minimum absolute atomic E-state index is 0.00807. The fourth-order valence-corrected chi connectivity index (χ4v) is 4.72. The number of dihydropyridines is 1. The summed E-state index contributed by atoms with van der Waals surface area (Å²) in [5.41, 5.74) is 3.54. The third-order valence-electron chi connectivity index (χ3n) is 6.25. The standard InChI is InChI=1S/C26H26N2O6/c1-16-23(26(30)34-12-11-33-2)24(18-9-6-10-20(13-18)28(31)32)25-21(27-16)14-19(15-22(25)29)17-7-4-3-5-8-17/h3-10,13,19,24,27H,11-12,14-15H2,1-2H3/t19-,24-/m0/s1. The van der Waals surface area contributed by atoms with Crippen molar-refractivity contribution in [2.24, 2.45) is 0 Å². The summed E-state index contributed by atoms with van der Waals surface area (Å²) in [6.45, 7) is 2.06. The maximum atomic E-state index is 13.5. The number of hydrogen-bond acceptors (Lipinski definition) is 7. The molecule has 0 bridgehead atoms. The van der Waals surface area contributed by atoms with E-state index in [0.29, 0.717) is 29.7 Å². The van der Waals surface area contributed by atoms with Crippen molar-refractivity contribution in [2.75, 3.05) is 20.3 Å². The van der Waals surface area contributed by atoms with Gasteiger partial charge in [0.25, 0.3) is 5.69 Å². The lowest BCUT2D eigenvalue weighted by Gasteiger charge is -2.36. The predicted molar refractivity (Wildman–Crippen MR) is 125 cm³/mol. The molecule has 0 unspecified atom stereocenters. The lowest BCUT2D eigenvalue weighted by atomic mass is 9.71. The largest absolute Gasteiger partial charge is 0.460 e. The number of carbonyl (C=O) groups is 2. The van der Waals surface area contributed by atoms with Crippen LogP contribution in [0.3, 0.4) is 0 Å². The first-order valence-corrected chi connectivity index (χ1v) is 11.1. The number of nitro groups is 1. The highest BCUT2D eigenvalue weighted by atomic mass is 16.6. The summed E-state index contributed by atoms with van der Waals surface area (Å²) in [5, 5.41) is 14.7. The van der Waals surface area contributed by atoms with Crippen molar-refractivity contribution in [3.63, 3.8) is 0 Å². The number of esters is 1. The second-order valence-corrected chi connectivity index (χ2v) is 8.41. The maximum absolute atomic E-state index is 13.5. The molecule has 8 heteroatoms. The Morgan fingerprint density at radius 1 is 1.09 bits per heavy atom. The third-order valence-corrected chi connectivity index (χ3v) is 6.25. The molecule has 8 nitrogen and oxygen atoms in total. The van der Waals surface area contributed by atoms with E-state index in [1.807, 2.05) is 30.3 Å². The monoisotopic (exact) mass is 462 g/mol. The van der Waals surface area contributed by atoms with Gasteiger partial charge in [0.15, 0.2) is 5.78 Å². The minimum Gasteiger partial charge on any atom is -0.460 e. The Hall–Kier alpha value is -3.78. The molecule has 0 fully saturated rings. The first kappa shape index (κ1) is 23.4. The zero-order chi connectivity index (χ0) is 24.2. The van der Waals surface area contributed by atoms with Gasteiger partial charge in [-0.25, -0.2) is 4.79 Å². The fourth-order valence-electron chi connectivity index (χ4n) is 4.72. The molecule has 0 radical (unpaired) electrons. The Morgan fingerprint density at radius 2 is 1.82 bits per heavy atom. The maximum Gasteiger partial charge on any atom is 0.336 e. The average molecular weight is 463 g/mol. The number of nitro benzene ring substituents is 1. The summed E-state index contributed by atoms with van der Waals surface area (Å²) in [7, 11) is 1.51. The van der Waals surface area contributed by atoms with E-state index in [4.69, 9.17) is 9.47 Å². The summed E-state index contributed by atoms with van der Waals surface area (Å²) in [6.07, 6.45) is 0.890. The van der Waals surface area contributed by atoms with Crippen LogP contribution in [0.1, 0.15) is 42.7 Å². The second kappa shape index (κ2) is 10.0. The van der Waals surface area contributed by atoms with E-state index in [1.165, 1.54) is 19.2 Å². The summed E-state index contributed by atoms with van der Waals surface area (Å²) in [4.78, 5) is 37.6. The highest BCUT2D eigenvalue weighted by Crippen LogP contribution is 2.46. The van der Waals surface area contributed by atoms with E-state index in [0.717, 1.165) is 11.3 Å². The molecule has 1 aliphatic carbocycles. The summed E-state index contributed by atoms with van der Waals surface area (Å²) < 4.78 is 10.4. The molecule has 0 spiro atoms. The van der Waals surface area contributed by atoms with Crippen molar-refractivity contribution < 1.29 is 24.0 Å². The van der Waals surface area contributed by atoms with Crippen LogP contribution in [0.4, 0.5) is 5.69 Å². The van der Waals surface area contributed by atoms with Crippen LogP contribution in [-0.2, 0) is 19.1 Å². The molecule has 1 N–H and O–H groups in total. The first-order valence-electron chi connectivity index (χ1n) is 11.1. The lowest BCUT2D eigenvalue weighted by Crippen LogP contribution is -2.36. The van der Waals surface area contributed by atoms with Gasteiger partial charge in [0.1, 0.15) is 6.61 Å². The zero-order valence-corrected chi connectivity index (χ0v) is 19.1. The number of methoxy groups -OCH3 is 1. The third kappa shape index (κ3) is 4.63. The Balaban J connectivity index is 1.78. The number of nitrogens with one attached hydrogen (secondary N) is 1. The normalized spacial score (nSPS) is 20.0. The van der Waals surface area contributed by atoms with Gasteiger partial charge >= 0.3 is 5.97 Å². The van der Waals surface area contributed by atoms with Crippen molar-refractivity contribution >= 4 is 17.4 Å². The highest BCUT2D eigenvalue weighted by Gasteiger charge is 2.41. The molecular formula is C26H26N2O6. The molecule has 2 atom stereocenters. The molecule has 2 aromatic rings. The molecule has 1 heterocycles. The van der Waals surface area contributed by atoms with Gasteiger partial charge < -0.3 is 14.8 Å². The van der Waals surface area contributed by atoms with Crippen molar-refractivity contribution in [3.05, 3.63) is 98.4 Å². The Kier molecular flexibility index (Phi) is 6.88. The Labute approximate surface area is 197 Å². The van der Waals surface area contributed by atoms with Crippen LogP contribution < -0.4 is 5.32 Å². The lowest BCUT2D eigenvalue weighted by molar-refractivity contribution is -0.384. The topological polar surface area (TPSA) is 108 Å². The van der Waals surface area contributed by atoms with E-state index < -0.39 is 16.8 Å². The van der Waals surface area contributed by atoms with Gasteiger partial charge in [0, 0.05) is 48.5 Å². The summed E-state index contributed by atoms with van der Waals surface area (Å²) in [6, 6.07) is 15.9. The van der Waals surface area contributed by atoms with Crippen LogP contribution >= 0.6 is 0 Å². The van der Waals surface area contributed by atoms with Crippen LogP contribution in [0.2, 0.25) is 0 Å². The van der Waals surface area contributed by atoms with Crippen molar-refractivity contribution in [1.29, 1.82) is 0 Å². The number of carbonyl (C=O) groups excluding carboxylic acids is 2. The van der Waals surface area contributed by atoms with Gasteiger partial charge in [0.05, 0.1) is 17.1 Å². The molecule has 2 aromatic carbocycles. The number of ether oxygens (including phenoxy) is 2. The Morgan fingerprint density at radius 3 is 2.53 bits per heavy atom. The fraction of sp³-hybridized carbons (Fsp3) is 0.308. The summed E-state index contributed by atoms with van der Waals surface area (Å²) in [5.74, 6) is -1.42. The molecular weight excluding hydrogens is 436 g/mol. The van der Waals surface area contributed by atoms with Gasteiger partial charge in [-0.3, -0.25) is 14.9 Å². The number of ketones is 1. The highest BCUT2D eigenvalue weighted by molar-refractivity contribution is 6.04. The molecule has 4 rings (SSSR count). The van der Waals surface area contributed by atoms with Gasteiger partial charge in [-0.1, -0.05) is 42.5 Å². The molecule has 0 saturated heterocycles. The average Bonchev–Trinajstić information content (AvgIpc) is 2.83. The molecule has 176 valence electrons. The van der Waals surface area contributed by atoms with Crippen molar-refractivity contribution in [1.82, 2.24) is 5.32 Å². The van der Waals surface area contributed by atoms with E-state index >= 15 is 0 Å². The van der Waals surface area contributed by atoms with Crippen LogP contribution in [0.25, 0.3) is 0 Å². The van der Waals surface area contributed by atoms with Gasteiger partial charge in [-0.15, -0.1) is 0 Å². The molecule has 0 saturated carbocycles. The van der Waals surface area contributed by atoms with E-state index in [2.05, 4.69) is 5.32 Å². The summed E-state index contributed by atoms with van der Waals surface area (Å²) >= 11 is 0. The number of Topliss-reactive ketones (excluding diaryl/α,β-unsaturated/α-hetero) is 1. The van der Waals surface area contributed by atoms with Gasteiger partial charge in [-0.05, 0) is 30.4 Å². The van der Waals surface area contributed by atoms with Crippen molar-refractivity contribution in [3.8, 4) is 0 Å². The molecule has 0 amide bonds. The van der Waals surface area contributed by atoms with E-state index in [-0.39, 0.29) is 36.2 Å². The quantitative estimate of drug-likeness (QED) is 0.285. The molecule has 2 aliphatic rings. The molecule has 34 heavy (non-hydrogen) atoms. The minimum atomic E-state index is -0.754. The van der Waals surface area contributed by atoms with E-state index in [9.17, 15) is 19.7 Å². The van der Waals surface area contributed by atoms with Crippen LogP contribution in [0, 0.1) is 10.1 Å². The number of rotatable bonds is 7. The number of non-ortho nitro benzene ring substituents is 1. The predicted octanol–water partition coefficient (Wildman–Crippen LogP) is 4.15. The number of nitrogens with zero attached hydrogens (tertiary/aromatic N) is 1. The SMILES string of the molecule is COCCOC(=O)C1=C(C)NC2=C(C(=O)C[C@@H](c3ccccc3)C2)[C@H]1c1cccc([N+](=O)[O-])c1. The zero-order valence-electron chi connectivity index (χ0n) is 19.1. The van der Waals surface area contributed by atoms with Gasteiger partial charge in [-0.2, -0.15) is 0 Å². The van der Waals surface area contributed by atoms with Crippen LogP contribution in [-0.4, -0.2) is 37.0 Å². The smallest absolute Gasteiger partial charge is 0.336 e. The van der Waals surface area contributed by atoms with Crippen LogP contribution in [0.5, 0.6) is 0 Å².